The maximum Gasteiger partial charge on any atom is 0.317 e. The molecule has 80 valence electrons. The van der Waals surface area contributed by atoms with Crippen LogP contribution in [-0.2, 0) is 9.59 Å². The van der Waals surface area contributed by atoms with E-state index in [2.05, 4.69) is 0 Å². The standard InChI is InChI=1S/C7H7F3O4/c8-4(5(9)10)2-1-3(6(11)12)7(13)14/h3H,1-2H2,(H,11,12)(H,13,14). The molecule has 4 nitrogen and oxygen atoms in total. The van der Waals surface area contributed by atoms with Crippen LogP contribution < -0.4 is 0 Å². The molecule has 0 heterocycles. The normalized spacial score (nSPS) is 10.0. The summed E-state index contributed by atoms with van der Waals surface area (Å²) in [5.74, 6) is -6.99. The predicted octanol–water partition coefficient (Wildman–Crippen LogP) is 1.63. The fourth-order valence-corrected chi connectivity index (χ4v) is 0.718. The van der Waals surface area contributed by atoms with Gasteiger partial charge in [-0.3, -0.25) is 9.59 Å². The molecule has 0 aromatic heterocycles. The molecule has 0 aromatic carbocycles. The van der Waals surface area contributed by atoms with Crippen molar-refractivity contribution in [2.45, 2.75) is 12.8 Å². The van der Waals surface area contributed by atoms with E-state index in [1.54, 1.807) is 0 Å². The topological polar surface area (TPSA) is 74.6 Å². The second-order valence-corrected chi connectivity index (χ2v) is 2.43. The molecule has 0 saturated carbocycles. The molecule has 7 heteroatoms. The van der Waals surface area contributed by atoms with Crippen molar-refractivity contribution < 1.29 is 33.0 Å². The first-order valence-electron chi connectivity index (χ1n) is 3.51. The third-order valence-corrected chi connectivity index (χ3v) is 1.45. The van der Waals surface area contributed by atoms with Gasteiger partial charge in [0, 0.05) is 6.42 Å². The van der Waals surface area contributed by atoms with E-state index in [9.17, 15) is 22.8 Å². The van der Waals surface area contributed by atoms with Crippen LogP contribution >= 0.6 is 0 Å². The zero-order valence-electron chi connectivity index (χ0n) is 6.84. The minimum atomic E-state index is -2.56. The Hall–Kier alpha value is -1.53. The van der Waals surface area contributed by atoms with Crippen LogP contribution in [0.3, 0.4) is 0 Å². The number of halogens is 3. The number of hydrogen-bond donors (Lipinski definition) is 2. The quantitative estimate of drug-likeness (QED) is 0.679. The zero-order valence-corrected chi connectivity index (χ0v) is 6.84. The molecule has 0 bridgehead atoms. The van der Waals surface area contributed by atoms with Crippen LogP contribution in [0.2, 0.25) is 0 Å². The molecule has 0 amide bonds. The smallest absolute Gasteiger partial charge is 0.317 e. The van der Waals surface area contributed by atoms with Crippen LogP contribution in [0.4, 0.5) is 13.2 Å². The highest BCUT2D eigenvalue weighted by Crippen LogP contribution is 2.18. The van der Waals surface area contributed by atoms with E-state index in [0.717, 1.165) is 0 Å². The van der Waals surface area contributed by atoms with Crippen LogP contribution in [0, 0.1) is 5.92 Å². The highest BCUT2D eigenvalue weighted by Gasteiger charge is 2.26. The fourth-order valence-electron chi connectivity index (χ4n) is 0.718. The Morgan fingerprint density at radius 3 is 1.79 bits per heavy atom. The van der Waals surface area contributed by atoms with Gasteiger partial charge in [0.15, 0.2) is 11.7 Å². The number of carboxylic acid groups (broad SMARTS) is 2. The molecule has 0 atom stereocenters. The number of hydrogen-bond acceptors (Lipinski definition) is 2. The molecular weight excluding hydrogens is 205 g/mol. The summed E-state index contributed by atoms with van der Waals surface area (Å²) in [6, 6.07) is 0. The van der Waals surface area contributed by atoms with Crippen molar-refractivity contribution in [3.8, 4) is 0 Å². The van der Waals surface area contributed by atoms with Gasteiger partial charge in [-0.05, 0) is 6.42 Å². The van der Waals surface area contributed by atoms with E-state index in [1.807, 2.05) is 0 Å². The number of allylic oxidation sites excluding steroid dienone is 1. The molecule has 0 unspecified atom stereocenters. The van der Waals surface area contributed by atoms with E-state index in [1.165, 1.54) is 0 Å². The van der Waals surface area contributed by atoms with Crippen molar-refractivity contribution in [3.05, 3.63) is 11.9 Å². The Labute approximate surface area is 76.6 Å². The third-order valence-electron chi connectivity index (χ3n) is 1.45. The molecule has 0 aliphatic rings. The van der Waals surface area contributed by atoms with E-state index < -0.39 is 42.6 Å². The van der Waals surface area contributed by atoms with Gasteiger partial charge in [0.05, 0.1) is 0 Å². The molecule has 0 rings (SSSR count). The summed E-state index contributed by atoms with van der Waals surface area (Å²) in [5, 5.41) is 16.6. The highest BCUT2D eigenvalue weighted by atomic mass is 19.3. The van der Waals surface area contributed by atoms with Crippen LogP contribution in [0.1, 0.15) is 12.8 Å². The van der Waals surface area contributed by atoms with Crippen molar-refractivity contribution >= 4 is 11.9 Å². The molecule has 0 aliphatic carbocycles. The summed E-state index contributed by atoms with van der Waals surface area (Å²) in [6.45, 7) is 0. The Morgan fingerprint density at radius 1 is 1.07 bits per heavy atom. The number of carboxylic acids is 2. The number of aliphatic carboxylic acids is 2. The van der Waals surface area contributed by atoms with Gasteiger partial charge in [0.2, 0.25) is 0 Å². The van der Waals surface area contributed by atoms with Gasteiger partial charge >= 0.3 is 18.0 Å². The highest BCUT2D eigenvalue weighted by molar-refractivity contribution is 5.92. The van der Waals surface area contributed by atoms with E-state index in [4.69, 9.17) is 10.2 Å². The van der Waals surface area contributed by atoms with Gasteiger partial charge in [-0.1, -0.05) is 0 Å². The summed E-state index contributed by atoms with van der Waals surface area (Å²) in [4.78, 5) is 20.4. The second kappa shape index (κ2) is 5.25. The van der Waals surface area contributed by atoms with E-state index in [-0.39, 0.29) is 0 Å². The molecule has 0 saturated heterocycles. The predicted molar refractivity (Wildman–Crippen MR) is 38.3 cm³/mol. The molecule has 2 N–H and O–H groups in total. The Morgan fingerprint density at radius 2 is 1.50 bits per heavy atom. The van der Waals surface area contributed by atoms with Crippen molar-refractivity contribution in [2.24, 2.45) is 5.92 Å². The minimum absolute atomic E-state index is 0.701. The molecule has 0 spiro atoms. The Balaban J connectivity index is 4.29. The fraction of sp³-hybridized carbons (Fsp3) is 0.429. The first-order valence-corrected chi connectivity index (χ1v) is 3.51. The summed E-state index contributed by atoms with van der Waals surface area (Å²) in [6.07, 6.45) is -4.15. The lowest BCUT2D eigenvalue weighted by molar-refractivity contribution is -0.154. The molecular formula is C7H7F3O4. The minimum Gasteiger partial charge on any atom is -0.481 e. The largest absolute Gasteiger partial charge is 0.481 e. The summed E-state index contributed by atoms with van der Waals surface area (Å²) < 4.78 is 35.1. The zero-order chi connectivity index (χ0) is 11.3. The van der Waals surface area contributed by atoms with Gasteiger partial charge in [-0.25, -0.2) is 4.39 Å². The van der Waals surface area contributed by atoms with Crippen LogP contribution in [-0.4, -0.2) is 22.2 Å². The monoisotopic (exact) mass is 212 g/mol. The summed E-state index contributed by atoms with van der Waals surface area (Å²) in [5.41, 5.74) is 0. The van der Waals surface area contributed by atoms with Gasteiger partial charge in [0.1, 0.15) is 0 Å². The second-order valence-electron chi connectivity index (χ2n) is 2.43. The van der Waals surface area contributed by atoms with Crippen molar-refractivity contribution in [1.82, 2.24) is 0 Å². The molecule has 0 aromatic rings. The van der Waals surface area contributed by atoms with Gasteiger partial charge in [-0.15, -0.1) is 0 Å². The van der Waals surface area contributed by atoms with Crippen LogP contribution in [0.15, 0.2) is 11.9 Å². The Kier molecular flexibility index (Phi) is 4.68. The maximum absolute atomic E-state index is 12.2. The van der Waals surface area contributed by atoms with Crippen molar-refractivity contribution in [3.63, 3.8) is 0 Å². The lowest BCUT2D eigenvalue weighted by Gasteiger charge is -2.04. The number of rotatable bonds is 5. The first kappa shape index (κ1) is 12.5. The van der Waals surface area contributed by atoms with Gasteiger partial charge < -0.3 is 10.2 Å². The van der Waals surface area contributed by atoms with Gasteiger partial charge in [-0.2, -0.15) is 8.78 Å². The number of carbonyl (C=O) groups is 2. The third kappa shape index (κ3) is 3.92. The van der Waals surface area contributed by atoms with Crippen LogP contribution in [0.25, 0.3) is 0 Å². The molecule has 0 aliphatic heterocycles. The lowest BCUT2D eigenvalue weighted by Crippen LogP contribution is -2.23. The Bertz CT molecular complexity index is 256. The molecule has 0 fully saturated rings. The van der Waals surface area contributed by atoms with Gasteiger partial charge in [0.25, 0.3) is 0 Å². The van der Waals surface area contributed by atoms with Crippen LogP contribution in [0.5, 0.6) is 0 Å². The van der Waals surface area contributed by atoms with E-state index in [0.29, 0.717) is 0 Å². The average molecular weight is 212 g/mol. The molecule has 14 heavy (non-hydrogen) atoms. The first-order chi connectivity index (χ1) is 6.36. The summed E-state index contributed by atoms with van der Waals surface area (Å²) >= 11 is 0. The lowest BCUT2D eigenvalue weighted by atomic mass is 10.0. The van der Waals surface area contributed by atoms with Crippen molar-refractivity contribution in [2.75, 3.05) is 0 Å². The molecule has 0 radical (unpaired) electrons. The average Bonchev–Trinajstić information content (AvgIpc) is 2.02. The SMILES string of the molecule is O=C(O)C(CCC(F)=C(F)F)C(=O)O. The van der Waals surface area contributed by atoms with E-state index >= 15 is 0 Å². The van der Waals surface area contributed by atoms with Crippen molar-refractivity contribution in [1.29, 1.82) is 0 Å². The summed E-state index contributed by atoms with van der Waals surface area (Å²) in [7, 11) is 0. The maximum atomic E-state index is 12.2.